The first-order chi connectivity index (χ1) is 5.91. The van der Waals surface area contributed by atoms with Crippen LogP contribution in [0.15, 0.2) is 24.8 Å². The van der Waals surface area contributed by atoms with Crippen LogP contribution in [-0.4, -0.2) is 22.9 Å². The summed E-state index contributed by atoms with van der Waals surface area (Å²) in [5, 5.41) is 0. The third kappa shape index (κ3) is 3.05. The molecule has 0 aromatic rings. The maximum absolute atomic E-state index is 11.7. The van der Waals surface area contributed by atoms with E-state index < -0.39 is 0 Å². The second-order valence-corrected chi connectivity index (χ2v) is 3.63. The molecule has 0 radical (unpaired) electrons. The van der Waals surface area contributed by atoms with Crippen molar-refractivity contribution in [3.05, 3.63) is 24.8 Å². The third-order valence-electron chi connectivity index (χ3n) is 1.87. The van der Waals surface area contributed by atoms with E-state index in [1.165, 1.54) is 6.08 Å². The molecule has 0 aliphatic rings. The predicted molar refractivity (Wildman–Crippen MR) is 56.5 cm³/mol. The summed E-state index contributed by atoms with van der Waals surface area (Å²) in [6.07, 6.45) is 1.50. The van der Waals surface area contributed by atoms with Crippen LogP contribution < -0.4 is 0 Å². The quantitative estimate of drug-likeness (QED) is 0.481. The number of hydrogen-bond donors (Lipinski definition) is 0. The van der Waals surface area contributed by atoms with Crippen molar-refractivity contribution in [1.82, 2.24) is 4.90 Å². The molecule has 13 heavy (non-hydrogen) atoms. The van der Waals surface area contributed by atoms with Gasteiger partial charge in [0.25, 0.3) is 5.91 Å². The molecule has 0 aliphatic carbocycles. The maximum atomic E-state index is 11.7. The van der Waals surface area contributed by atoms with Gasteiger partial charge in [0.2, 0.25) is 0 Å². The van der Waals surface area contributed by atoms with Crippen LogP contribution in [0.4, 0.5) is 0 Å². The minimum atomic E-state index is -0.0278. The van der Waals surface area contributed by atoms with E-state index >= 15 is 0 Å². The lowest BCUT2D eigenvalue weighted by Gasteiger charge is -2.30. The van der Waals surface area contributed by atoms with Crippen LogP contribution in [0.3, 0.4) is 0 Å². The Kier molecular flexibility index (Phi) is 4.46. The van der Waals surface area contributed by atoms with Gasteiger partial charge in [-0.25, -0.2) is 0 Å². The molecule has 0 aromatic heterocycles. The molecule has 0 rings (SSSR count). The van der Waals surface area contributed by atoms with Gasteiger partial charge in [0.15, 0.2) is 0 Å². The van der Waals surface area contributed by atoms with Crippen LogP contribution in [-0.2, 0) is 4.79 Å². The first-order valence-electron chi connectivity index (χ1n) is 4.55. The number of amides is 1. The lowest BCUT2D eigenvalue weighted by atomic mass is 10.1. The Labute approximate surface area is 80.9 Å². The van der Waals surface area contributed by atoms with Crippen molar-refractivity contribution in [2.45, 2.75) is 39.8 Å². The fourth-order valence-corrected chi connectivity index (χ4v) is 1.32. The summed E-state index contributed by atoms with van der Waals surface area (Å²) >= 11 is 0. The highest BCUT2D eigenvalue weighted by Crippen LogP contribution is 2.10. The van der Waals surface area contributed by atoms with Gasteiger partial charge in [0.1, 0.15) is 0 Å². The van der Waals surface area contributed by atoms with E-state index in [9.17, 15) is 4.79 Å². The van der Waals surface area contributed by atoms with Gasteiger partial charge in [0, 0.05) is 17.7 Å². The molecule has 0 atom stereocenters. The molecular formula is C11H19NO. The van der Waals surface area contributed by atoms with E-state index in [4.69, 9.17) is 0 Å². The fraction of sp³-hybridized carbons (Fsp3) is 0.545. The molecule has 0 aromatic carbocycles. The summed E-state index contributed by atoms with van der Waals surface area (Å²) in [5.74, 6) is -0.0278. The Bertz CT molecular complexity index is 208. The smallest absolute Gasteiger partial charge is 0.253 e. The number of carbonyl (C=O) groups is 1. The Balaban J connectivity index is 4.66. The van der Waals surface area contributed by atoms with Crippen LogP contribution >= 0.6 is 0 Å². The van der Waals surface area contributed by atoms with Gasteiger partial charge >= 0.3 is 0 Å². The molecule has 0 saturated heterocycles. The van der Waals surface area contributed by atoms with Gasteiger partial charge in [-0.3, -0.25) is 4.79 Å². The van der Waals surface area contributed by atoms with Crippen molar-refractivity contribution in [1.29, 1.82) is 0 Å². The monoisotopic (exact) mass is 181 g/mol. The highest BCUT2D eigenvalue weighted by Gasteiger charge is 2.20. The summed E-state index contributed by atoms with van der Waals surface area (Å²) in [6, 6.07) is 0.397. The maximum Gasteiger partial charge on any atom is 0.253 e. The van der Waals surface area contributed by atoms with E-state index in [1.54, 1.807) is 4.90 Å². The summed E-state index contributed by atoms with van der Waals surface area (Å²) in [7, 11) is 0. The zero-order chi connectivity index (χ0) is 10.6. The Hall–Kier alpha value is -1.05. The second kappa shape index (κ2) is 4.85. The zero-order valence-corrected chi connectivity index (χ0v) is 9.00. The average Bonchev–Trinajstić information content (AvgIpc) is 2.01. The normalized spacial score (nSPS) is 10.3. The summed E-state index contributed by atoms with van der Waals surface area (Å²) in [6.45, 7) is 15.2. The molecule has 0 heterocycles. The van der Waals surface area contributed by atoms with E-state index in [0.717, 1.165) is 0 Å². The van der Waals surface area contributed by atoms with Gasteiger partial charge in [-0.1, -0.05) is 19.2 Å². The van der Waals surface area contributed by atoms with Crippen molar-refractivity contribution in [2.24, 2.45) is 0 Å². The largest absolute Gasteiger partial charge is 0.334 e. The zero-order valence-electron chi connectivity index (χ0n) is 9.00. The molecule has 0 spiro atoms. The summed E-state index contributed by atoms with van der Waals surface area (Å²) in [5.41, 5.74) is 0.461. The van der Waals surface area contributed by atoms with E-state index in [-0.39, 0.29) is 18.0 Å². The lowest BCUT2D eigenvalue weighted by Crippen LogP contribution is -2.42. The Morgan fingerprint density at radius 1 is 1.23 bits per heavy atom. The Morgan fingerprint density at radius 2 is 1.62 bits per heavy atom. The van der Waals surface area contributed by atoms with Crippen LogP contribution in [0.1, 0.15) is 27.7 Å². The summed E-state index contributed by atoms with van der Waals surface area (Å²) < 4.78 is 0. The highest BCUT2D eigenvalue weighted by atomic mass is 16.2. The molecule has 0 bridgehead atoms. The van der Waals surface area contributed by atoms with Crippen molar-refractivity contribution in [3.63, 3.8) is 0 Å². The average molecular weight is 181 g/mol. The van der Waals surface area contributed by atoms with Gasteiger partial charge in [-0.2, -0.15) is 0 Å². The molecule has 2 heteroatoms. The topological polar surface area (TPSA) is 20.3 Å². The minimum absolute atomic E-state index is 0.0278. The first-order valence-corrected chi connectivity index (χ1v) is 4.55. The molecular weight excluding hydrogens is 162 g/mol. The molecule has 0 aliphatic heterocycles. The van der Waals surface area contributed by atoms with Gasteiger partial charge in [0.05, 0.1) is 0 Å². The van der Waals surface area contributed by atoms with Crippen LogP contribution in [0.2, 0.25) is 0 Å². The molecule has 0 N–H and O–H groups in total. The van der Waals surface area contributed by atoms with Crippen molar-refractivity contribution in [3.8, 4) is 0 Å². The van der Waals surface area contributed by atoms with Gasteiger partial charge in [-0.05, 0) is 27.7 Å². The molecule has 0 fully saturated rings. The first kappa shape index (κ1) is 11.9. The third-order valence-corrected chi connectivity index (χ3v) is 1.87. The summed E-state index contributed by atoms with van der Waals surface area (Å²) in [4.78, 5) is 13.5. The van der Waals surface area contributed by atoms with E-state index in [0.29, 0.717) is 5.57 Å². The number of hydrogen-bond acceptors (Lipinski definition) is 1. The molecule has 0 saturated carbocycles. The highest BCUT2D eigenvalue weighted by molar-refractivity contribution is 5.95. The molecule has 0 unspecified atom stereocenters. The standard InChI is InChI=1S/C11H19NO/c1-7-10(6)11(13)12(8(2)3)9(4)5/h7-9H,1,6H2,2-5H3. The molecule has 2 nitrogen and oxygen atoms in total. The van der Waals surface area contributed by atoms with E-state index in [2.05, 4.69) is 13.2 Å². The van der Waals surface area contributed by atoms with Crippen molar-refractivity contribution >= 4 is 5.91 Å². The Morgan fingerprint density at radius 3 is 1.85 bits per heavy atom. The van der Waals surface area contributed by atoms with Crippen LogP contribution in [0.25, 0.3) is 0 Å². The molecule has 74 valence electrons. The second-order valence-electron chi connectivity index (χ2n) is 3.63. The minimum Gasteiger partial charge on any atom is -0.334 e. The van der Waals surface area contributed by atoms with Crippen LogP contribution in [0.5, 0.6) is 0 Å². The number of rotatable bonds is 4. The van der Waals surface area contributed by atoms with Gasteiger partial charge < -0.3 is 4.90 Å². The van der Waals surface area contributed by atoms with Crippen molar-refractivity contribution < 1.29 is 4.79 Å². The van der Waals surface area contributed by atoms with E-state index in [1.807, 2.05) is 27.7 Å². The van der Waals surface area contributed by atoms with Crippen LogP contribution in [0, 0.1) is 0 Å². The van der Waals surface area contributed by atoms with Gasteiger partial charge in [-0.15, -0.1) is 0 Å². The fourth-order valence-electron chi connectivity index (χ4n) is 1.32. The lowest BCUT2D eigenvalue weighted by molar-refractivity contribution is -0.130. The number of carbonyl (C=O) groups excluding carboxylic acids is 1. The number of nitrogens with zero attached hydrogens (tertiary/aromatic N) is 1. The predicted octanol–water partition coefficient (Wildman–Crippen LogP) is 2.37. The molecule has 1 amide bonds. The SMILES string of the molecule is C=CC(=C)C(=O)N(C(C)C)C(C)C. The van der Waals surface area contributed by atoms with Crippen molar-refractivity contribution in [2.75, 3.05) is 0 Å².